The van der Waals surface area contributed by atoms with Crippen molar-refractivity contribution >= 4 is 17.3 Å². The second-order valence-electron chi connectivity index (χ2n) is 4.45. The molecule has 1 amide bonds. The van der Waals surface area contributed by atoms with Gasteiger partial charge in [0, 0.05) is 18.2 Å². The van der Waals surface area contributed by atoms with Gasteiger partial charge in [-0.3, -0.25) is 4.79 Å². The number of rotatable bonds is 4. The van der Waals surface area contributed by atoms with Crippen LogP contribution >= 0.6 is 0 Å². The van der Waals surface area contributed by atoms with Crippen molar-refractivity contribution in [3.05, 3.63) is 35.9 Å². The molecule has 0 saturated heterocycles. The van der Waals surface area contributed by atoms with Gasteiger partial charge in [0.2, 0.25) is 0 Å². The lowest BCUT2D eigenvalue weighted by atomic mass is 10.1. The monoisotopic (exact) mass is 245 g/mol. The number of carbonyl (C=O) groups excluding carboxylic acids is 1. The van der Waals surface area contributed by atoms with Crippen LogP contribution in [0.4, 0.5) is 11.4 Å². The molecule has 2 rings (SSSR count). The Hall–Kier alpha value is -1.97. The van der Waals surface area contributed by atoms with Gasteiger partial charge in [0.05, 0.1) is 11.4 Å². The molecule has 0 atom stereocenters. The van der Waals surface area contributed by atoms with Crippen molar-refractivity contribution in [3.8, 4) is 0 Å². The molecule has 0 unspecified atom stereocenters. The Morgan fingerprint density at radius 3 is 2.72 bits per heavy atom. The van der Waals surface area contributed by atoms with Crippen LogP contribution in [0.5, 0.6) is 0 Å². The van der Waals surface area contributed by atoms with Gasteiger partial charge in [-0.1, -0.05) is 12.2 Å². The number of carbonyl (C=O) groups is 1. The maximum atomic E-state index is 11.7. The predicted molar refractivity (Wildman–Crippen MR) is 74.6 cm³/mol. The van der Waals surface area contributed by atoms with Gasteiger partial charge >= 0.3 is 0 Å². The van der Waals surface area contributed by atoms with E-state index < -0.39 is 0 Å². The third-order valence-electron chi connectivity index (χ3n) is 3.02. The van der Waals surface area contributed by atoms with Gasteiger partial charge in [-0.25, -0.2) is 0 Å². The summed E-state index contributed by atoms with van der Waals surface area (Å²) in [6, 6.07) is 5.81. The molecule has 1 aromatic rings. The number of nitrogens with one attached hydrogen (secondary N) is 2. The zero-order valence-electron chi connectivity index (χ0n) is 10.6. The predicted octanol–water partition coefficient (Wildman–Crippen LogP) is 2.15. The van der Waals surface area contributed by atoms with E-state index in [0.717, 1.165) is 18.5 Å². The van der Waals surface area contributed by atoms with Crippen molar-refractivity contribution in [2.45, 2.75) is 25.8 Å². The topological polar surface area (TPSA) is 67.2 Å². The summed E-state index contributed by atoms with van der Waals surface area (Å²) in [5.41, 5.74) is 8.09. The molecule has 1 aromatic carbocycles. The van der Waals surface area contributed by atoms with E-state index in [9.17, 15) is 4.79 Å². The Kier molecular flexibility index (Phi) is 3.87. The number of nitrogen functional groups attached to an aromatic ring is 1. The highest BCUT2D eigenvalue weighted by Gasteiger charge is 2.12. The highest BCUT2D eigenvalue weighted by atomic mass is 16.1. The van der Waals surface area contributed by atoms with Crippen LogP contribution in [0.3, 0.4) is 0 Å². The summed E-state index contributed by atoms with van der Waals surface area (Å²) in [5, 5.41) is 6.14. The molecule has 0 bridgehead atoms. The molecule has 0 radical (unpaired) electrons. The zero-order chi connectivity index (χ0) is 13.0. The first kappa shape index (κ1) is 12.5. The largest absolute Gasteiger partial charge is 0.397 e. The van der Waals surface area contributed by atoms with Crippen LogP contribution < -0.4 is 16.4 Å². The minimum Gasteiger partial charge on any atom is -0.397 e. The summed E-state index contributed by atoms with van der Waals surface area (Å²) < 4.78 is 0. The van der Waals surface area contributed by atoms with Crippen molar-refractivity contribution in [1.29, 1.82) is 0 Å². The van der Waals surface area contributed by atoms with Gasteiger partial charge in [0.1, 0.15) is 0 Å². The smallest absolute Gasteiger partial charge is 0.251 e. The summed E-state index contributed by atoms with van der Waals surface area (Å²) in [6.45, 7) is 2.51. The quantitative estimate of drug-likeness (QED) is 0.562. The molecular formula is C14H19N3O. The van der Waals surface area contributed by atoms with E-state index in [0.29, 0.717) is 23.8 Å². The van der Waals surface area contributed by atoms with Crippen LogP contribution in [0, 0.1) is 0 Å². The number of nitrogens with two attached hydrogens (primary N) is 1. The van der Waals surface area contributed by atoms with E-state index in [1.165, 1.54) is 0 Å². The van der Waals surface area contributed by atoms with Crippen molar-refractivity contribution in [2.24, 2.45) is 0 Å². The summed E-state index contributed by atoms with van der Waals surface area (Å²) in [5.74, 6) is -0.0849. The van der Waals surface area contributed by atoms with E-state index in [4.69, 9.17) is 5.73 Å². The molecule has 1 aliphatic carbocycles. The van der Waals surface area contributed by atoms with Crippen LogP contribution in [-0.4, -0.2) is 18.5 Å². The molecule has 0 aliphatic heterocycles. The Labute approximate surface area is 107 Å². The normalized spacial score (nSPS) is 14.7. The molecule has 18 heavy (non-hydrogen) atoms. The average molecular weight is 245 g/mol. The molecule has 0 spiro atoms. The second-order valence-corrected chi connectivity index (χ2v) is 4.45. The van der Waals surface area contributed by atoms with Gasteiger partial charge < -0.3 is 16.4 Å². The Morgan fingerprint density at radius 2 is 2.11 bits per heavy atom. The van der Waals surface area contributed by atoms with E-state index in [1.54, 1.807) is 12.1 Å². The lowest BCUT2D eigenvalue weighted by molar-refractivity contribution is 0.0956. The average Bonchev–Trinajstić information content (AvgIpc) is 2.85. The van der Waals surface area contributed by atoms with Crippen molar-refractivity contribution in [3.63, 3.8) is 0 Å². The first-order chi connectivity index (χ1) is 8.70. The molecular weight excluding hydrogens is 226 g/mol. The Morgan fingerprint density at radius 1 is 1.39 bits per heavy atom. The van der Waals surface area contributed by atoms with Crippen LogP contribution in [0.25, 0.3) is 0 Å². The summed E-state index contributed by atoms with van der Waals surface area (Å²) in [6.07, 6.45) is 6.38. The third-order valence-corrected chi connectivity index (χ3v) is 3.02. The fraction of sp³-hybridized carbons (Fsp3) is 0.357. The van der Waals surface area contributed by atoms with Gasteiger partial charge in [-0.15, -0.1) is 0 Å². The molecule has 0 saturated carbocycles. The van der Waals surface area contributed by atoms with E-state index in [2.05, 4.69) is 22.8 Å². The fourth-order valence-electron chi connectivity index (χ4n) is 2.05. The van der Waals surface area contributed by atoms with Crippen LogP contribution in [0.1, 0.15) is 30.1 Å². The molecule has 4 heteroatoms. The van der Waals surface area contributed by atoms with Crippen LogP contribution in [-0.2, 0) is 0 Å². The summed E-state index contributed by atoms with van der Waals surface area (Å²) >= 11 is 0. The fourth-order valence-corrected chi connectivity index (χ4v) is 2.05. The maximum Gasteiger partial charge on any atom is 0.251 e. The van der Waals surface area contributed by atoms with Gasteiger partial charge in [-0.2, -0.15) is 0 Å². The molecule has 0 fully saturated rings. The highest BCUT2D eigenvalue weighted by molar-refractivity contribution is 5.96. The lowest BCUT2D eigenvalue weighted by Crippen LogP contribution is -2.23. The van der Waals surface area contributed by atoms with Crippen LogP contribution in [0.2, 0.25) is 0 Å². The standard InChI is InChI=1S/C14H19N3O/c1-2-16-14(18)10-7-8-13(12(15)9-10)17-11-5-3-4-6-11/h3-4,7-9,11,17H,2,5-6,15H2,1H3,(H,16,18). The molecule has 0 aromatic heterocycles. The van der Waals surface area contributed by atoms with Crippen molar-refractivity contribution < 1.29 is 4.79 Å². The SMILES string of the molecule is CCNC(=O)c1ccc(NC2CC=CC2)c(N)c1. The summed E-state index contributed by atoms with van der Waals surface area (Å²) in [4.78, 5) is 11.7. The minimum absolute atomic E-state index is 0.0849. The molecule has 0 heterocycles. The number of anilines is 2. The molecule has 96 valence electrons. The van der Waals surface area contributed by atoms with Crippen molar-refractivity contribution in [2.75, 3.05) is 17.6 Å². The van der Waals surface area contributed by atoms with Gasteiger partial charge in [0.15, 0.2) is 0 Å². The summed E-state index contributed by atoms with van der Waals surface area (Å²) in [7, 11) is 0. The molecule has 4 N–H and O–H groups in total. The number of hydrogen-bond acceptors (Lipinski definition) is 3. The van der Waals surface area contributed by atoms with Crippen LogP contribution in [0.15, 0.2) is 30.4 Å². The van der Waals surface area contributed by atoms with E-state index in [1.807, 2.05) is 13.0 Å². The Balaban J connectivity index is 2.07. The lowest BCUT2D eigenvalue weighted by Gasteiger charge is -2.16. The Bertz CT molecular complexity index is 460. The van der Waals surface area contributed by atoms with Gasteiger partial charge in [0.25, 0.3) is 5.91 Å². The van der Waals surface area contributed by atoms with Gasteiger partial charge in [-0.05, 0) is 38.0 Å². The number of amides is 1. The van der Waals surface area contributed by atoms with E-state index in [-0.39, 0.29) is 5.91 Å². The zero-order valence-corrected chi connectivity index (χ0v) is 10.6. The van der Waals surface area contributed by atoms with Crippen molar-refractivity contribution in [1.82, 2.24) is 5.32 Å². The second kappa shape index (κ2) is 5.58. The molecule has 4 nitrogen and oxygen atoms in total. The molecule has 1 aliphatic rings. The number of benzene rings is 1. The first-order valence-electron chi connectivity index (χ1n) is 6.30. The highest BCUT2D eigenvalue weighted by Crippen LogP contribution is 2.23. The van der Waals surface area contributed by atoms with E-state index >= 15 is 0 Å². The number of hydrogen-bond donors (Lipinski definition) is 3. The maximum absolute atomic E-state index is 11.7. The first-order valence-corrected chi connectivity index (χ1v) is 6.30. The minimum atomic E-state index is -0.0849. The third kappa shape index (κ3) is 2.83.